The van der Waals surface area contributed by atoms with E-state index in [4.69, 9.17) is 9.47 Å². The first-order valence-electron chi connectivity index (χ1n) is 6.93. The van der Waals surface area contributed by atoms with Gasteiger partial charge < -0.3 is 14.8 Å². The lowest BCUT2D eigenvalue weighted by atomic mass is 10.2. The first-order chi connectivity index (χ1) is 10.7. The summed E-state index contributed by atoms with van der Waals surface area (Å²) in [6.07, 6.45) is 0. The number of benzene rings is 2. The van der Waals surface area contributed by atoms with Crippen molar-refractivity contribution < 1.29 is 18.7 Å². The first-order valence-corrected chi connectivity index (χ1v) is 6.93. The summed E-state index contributed by atoms with van der Waals surface area (Å²) in [5.74, 6) is 0.0161. The van der Waals surface area contributed by atoms with Crippen LogP contribution in [0, 0.1) is 5.82 Å². The van der Waals surface area contributed by atoms with Gasteiger partial charge in [-0.1, -0.05) is 18.2 Å². The van der Waals surface area contributed by atoms with Gasteiger partial charge in [0.05, 0.1) is 6.61 Å². The predicted molar refractivity (Wildman–Crippen MR) is 81.4 cm³/mol. The minimum Gasteiger partial charge on any atom is -0.491 e. The molecule has 2 rings (SSSR count). The van der Waals surface area contributed by atoms with E-state index in [0.717, 1.165) is 11.3 Å². The molecule has 0 heterocycles. The molecule has 22 heavy (non-hydrogen) atoms. The molecule has 0 aliphatic heterocycles. The number of carbonyl (C=O) groups excluding carboxylic acids is 1. The summed E-state index contributed by atoms with van der Waals surface area (Å²) in [7, 11) is 1.62. The molecule has 4 nitrogen and oxygen atoms in total. The maximum Gasteiger partial charge on any atom is 0.251 e. The SMILES string of the molecule is COCCOc1ccc(CNC(=O)c2cccc(F)c2)cc1. The lowest BCUT2D eigenvalue weighted by Crippen LogP contribution is -2.22. The molecule has 1 N–H and O–H groups in total. The van der Waals surface area contributed by atoms with Gasteiger partial charge in [-0.05, 0) is 35.9 Å². The molecule has 0 aliphatic carbocycles. The van der Waals surface area contributed by atoms with Gasteiger partial charge >= 0.3 is 0 Å². The Bertz CT molecular complexity index is 614. The van der Waals surface area contributed by atoms with E-state index in [1.54, 1.807) is 13.2 Å². The lowest BCUT2D eigenvalue weighted by molar-refractivity contribution is 0.0950. The Morgan fingerprint density at radius 1 is 1.14 bits per heavy atom. The number of rotatable bonds is 7. The van der Waals surface area contributed by atoms with Crippen molar-refractivity contribution in [2.75, 3.05) is 20.3 Å². The van der Waals surface area contributed by atoms with Crippen LogP contribution in [0.3, 0.4) is 0 Å². The van der Waals surface area contributed by atoms with Crippen LogP contribution >= 0.6 is 0 Å². The van der Waals surface area contributed by atoms with Crippen molar-refractivity contribution in [1.82, 2.24) is 5.32 Å². The zero-order chi connectivity index (χ0) is 15.8. The smallest absolute Gasteiger partial charge is 0.251 e. The van der Waals surface area contributed by atoms with Crippen molar-refractivity contribution in [1.29, 1.82) is 0 Å². The van der Waals surface area contributed by atoms with Crippen LogP contribution in [-0.2, 0) is 11.3 Å². The molecule has 0 radical (unpaired) electrons. The highest BCUT2D eigenvalue weighted by atomic mass is 19.1. The fraction of sp³-hybridized carbons (Fsp3) is 0.235. The molecule has 0 atom stereocenters. The molecule has 2 aromatic carbocycles. The molecule has 0 unspecified atom stereocenters. The van der Waals surface area contributed by atoms with E-state index in [-0.39, 0.29) is 5.91 Å². The van der Waals surface area contributed by atoms with Gasteiger partial charge in [0, 0.05) is 19.2 Å². The second-order valence-corrected chi connectivity index (χ2v) is 4.68. The average Bonchev–Trinajstić information content (AvgIpc) is 2.54. The van der Waals surface area contributed by atoms with E-state index in [9.17, 15) is 9.18 Å². The van der Waals surface area contributed by atoms with Gasteiger partial charge in [-0.2, -0.15) is 0 Å². The van der Waals surface area contributed by atoms with Crippen molar-refractivity contribution >= 4 is 5.91 Å². The fourth-order valence-corrected chi connectivity index (χ4v) is 1.86. The normalized spacial score (nSPS) is 10.3. The predicted octanol–water partition coefficient (Wildman–Crippen LogP) is 2.78. The molecule has 2 aromatic rings. The fourth-order valence-electron chi connectivity index (χ4n) is 1.86. The molecule has 0 aromatic heterocycles. The van der Waals surface area contributed by atoms with E-state index < -0.39 is 5.82 Å². The summed E-state index contributed by atoms with van der Waals surface area (Å²) in [6.45, 7) is 1.39. The van der Waals surface area contributed by atoms with E-state index in [2.05, 4.69) is 5.32 Å². The van der Waals surface area contributed by atoms with Crippen LogP contribution in [0.5, 0.6) is 5.75 Å². The summed E-state index contributed by atoms with van der Waals surface area (Å²) in [4.78, 5) is 11.9. The third kappa shape index (κ3) is 4.86. The van der Waals surface area contributed by atoms with Crippen LogP contribution in [-0.4, -0.2) is 26.2 Å². The highest BCUT2D eigenvalue weighted by Gasteiger charge is 2.06. The second kappa shape index (κ2) is 8.14. The maximum atomic E-state index is 13.1. The third-order valence-corrected chi connectivity index (χ3v) is 3.02. The van der Waals surface area contributed by atoms with Crippen molar-refractivity contribution in [3.8, 4) is 5.75 Å². The number of nitrogens with one attached hydrogen (secondary N) is 1. The molecular formula is C17H18FNO3. The van der Waals surface area contributed by atoms with E-state index >= 15 is 0 Å². The Hall–Kier alpha value is -2.40. The van der Waals surface area contributed by atoms with Gasteiger partial charge in [-0.25, -0.2) is 4.39 Å². The van der Waals surface area contributed by atoms with Gasteiger partial charge in [0.1, 0.15) is 18.2 Å². The van der Waals surface area contributed by atoms with Crippen LogP contribution < -0.4 is 10.1 Å². The number of hydrogen-bond donors (Lipinski definition) is 1. The molecule has 1 amide bonds. The van der Waals surface area contributed by atoms with Crippen molar-refractivity contribution in [2.24, 2.45) is 0 Å². The number of hydrogen-bond acceptors (Lipinski definition) is 3. The molecular weight excluding hydrogens is 285 g/mol. The molecule has 0 fully saturated rings. The molecule has 116 valence electrons. The summed E-state index contributed by atoms with van der Waals surface area (Å²) < 4.78 is 23.4. The monoisotopic (exact) mass is 303 g/mol. The second-order valence-electron chi connectivity index (χ2n) is 4.68. The third-order valence-electron chi connectivity index (χ3n) is 3.02. The number of ether oxygens (including phenoxy) is 2. The van der Waals surface area contributed by atoms with Gasteiger partial charge in [-0.3, -0.25) is 4.79 Å². The van der Waals surface area contributed by atoms with Gasteiger partial charge in [0.15, 0.2) is 0 Å². The summed E-state index contributed by atoms with van der Waals surface area (Å²) in [5, 5.41) is 2.75. The number of amides is 1. The number of methoxy groups -OCH3 is 1. The number of carbonyl (C=O) groups is 1. The highest BCUT2D eigenvalue weighted by Crippen LogP contribution is 2.12. The molecule has 0 aliphatic rings. The Morgan fingerprint density at radius 3 is 2.59 bits per heavy atom. The Labute approximate surface area is 128 Å². The van der Waals surface area contributed by atoms with Crippen LogP contribution in [0.1, 0.15) is 15.9 Å². The van der Waals surface area contributed by atoms with Crippen LogP contribution in [0.4, 0.5) is 4.39 Å². The first kappa shape index (κ1) is 16.0. The zero-order valence-electron chi connectivity index (χ0n) is 12.3. The Balaban J connectivity index is 1.85. The maximum absolute atomic E-state index is 13.1. The van der Waals surface area contributed by atoms with Crippen LogP contribution in [0.15, 0.2) is 48.5 Å². The van der Waals surface area contributed by atoms with Gasteiger partial charge in [0.2, 0.25) is 0 Å². The standard InChI is InChI=1S/C17H18FNO3/c1-21-9-10-22-16-7-5-13(6-8-16)12-19-17(20)14-3-2-4-15(18)11-14/h2-8,11H,9-10,12H2,1H3,(H,19,20). The summed E-state index contributed by atoms with van der Waals surface area (Å²) >= 11 is 0. The average molecular weight is 303 g/mol. The minimum atomic E-state index is -0.426. The Morgan fingerprint density at radius 2 is 1.91 bits per heavy atom. The largest absolute Gasteiger partial charge is 0.491 e. The highest BCUT2D eigenvalue weighted by molar-refractivity contribution is 5.94. The van der Waals surface area contributed by atoms with Crippen LogP contribution in [0.2, 0.25) is 0 Å². The summed E-state index contributed by atoms with van der Waals surface area (Å²) in [5.41, 5.74) is 1.24. The number of halogens is 1. The van der Waals surface area contributed by atoms with E-state index in [1.165, 1.54) is 18.2 Å². The minimum absolute atomic E-state index is 0.305. The zero-order valence-corrected chi connectivity index (χ0v) is 12.3. The van der Waals surface area contributed by atoms with Crippen molar-refractivity contribution in [3.63, 3.8) is 0 Å². The van der Waals surface area contributed by atoms with Gasteiger partial charge in [-0.15, -0.1) is 0 Å². The Kier molecular flexibility index (Phi) is 5.91. The lowest BCUT2D eigenvalue weighted by Gasteiger charge is -2.08. The van der Waals surface area contributed by atoms with Crippen molar-refractivity contribution in [3.05, 3.63) is 65.5 Å². The molecule has 5 heteroatoms. The van der Waals surface area contributed by atoms with E-state index in [0.29, 0.717) is 25.3 Å². The molecule has 0 spiro atoms. The quantitative estimate of drug-likeness (QED) is 0.800. The topological polar surface area (TPSA) is 47.6 Å². The molecule has 0 bridgehead atoms. The van der Waals surface area contributed by atoms with Gasteiger partial charge in [0.25, 0.3) is 5.91 Å². The molecule has 0 saturated carbocycles. The molecule has 0 saturated heterocycles. The van der Waals surface area contributed by atoms with Crippen molar-refractivity contribution in [2.45, 2.75) is 6.54 Å². The summed E-state index contributed by atoms with van der Waals surface area (Å²) in [6, 6.07) is 13.0. The van der Waals surface area contributed by atoms with Crippen LogP contribution in [0.25, 0.3) is 0 Å². The van der Waals surface area contributed by atoms with E-state index in [1.807, 2.05) is 24.3 Å².